The van der Waals surface area contributed by atoms with Gasteiger partial charge in [-0.15, -0.1) is 11.8 Å². The summed E-state index contributed by atoms with van der Waals surface area (Å²) in [5, 5.41) is 2.99. The number of nitrogens with zero attached hydrogens (tertiary/aromatic N) is 1. The van der Waals surface area contributed by atoms with Gasteiger partial charge < -0.3 is 14.8 Å². The molecule has 2 aromatic rings. The molecule has 162 valence electrons. The maximum atomic E-state index is 12.2. The molecule has 2 aromatic carbocycles. The molecule has 1 N–H and O–H groups in total. The quantitative estimate of drug-likeness (QED) is 0.582. The molecule has 1 heterocycles. The van der Waals surface area contributed by atoms with Gasteiger partial charge in [0, 0.05) is 37.2 Å². The van der Waals surface area contributed by atoms with Crippen molar-refractivity contribution in [2.45, 2.75) is 37.2 Å². The van der Waals surface area contributed by atoms with Crippen molar-refractivity contribution in [2.75, 3.05) is 39.2 Å². The van der Waals surface area contributed by atoms with Crippen LogP contribution in [-0.2, 0) is 16.1 Å². The predicted octanol–water partition coefficient (Wildman–Crippen LogP) is 3.89. The molecule has 0 spiro atoms. The minimum absolute atomic E-state index is 0.0324. The van der Waals surface area contributed by atoms with Gasteiger partial charge in [-0.1, -0.05) is 29.8 Å². The van der Waals surface area contributed by atoms with Crippen LogP contribution in [0.2, 0.25) is 0 Å². The van der Waals surface area contributed by atoms with Crippen LogP contribution < -0.4 is 10.1 Å². The molecule has 0 aromatic heterocycles. The molecule has 0 atom stereocenters. The summed E-state index contributed by atoms with van der Waals surface area (Å²) in [5.41, 5.74) is 2.26. The lowest BCUT2D eigenvalue weighted by Crippen LogP contribution is -2.38. The number of benzene rings is 2. The lowest BCUT2D eigenvalue weighted by molar-refractivity contribution is -0.118. The number of amides is 1. The number of carbonyl (C=O) groups excluding carboxylic acids is 1. The fourth-order valence-corrected chi connectivity index (χ4v) is 4.12. The van der Waals surface area contributed by atoms with Gasteiger partial charge in [0.25, 0.3) is 0 Å². The van der Waals surface area contributed by atoms with Gasteiger partial charge >= 0.3 is 0 Å². The van der Waals surface area contributed by atoms with Gasteiger partial charge in [-0.25, -0.2) is 0 Å². The zero-order chi connectivity index (χ0) is 21.2. The molecular formula is C24H32N2O3S. The fraction of sp³-hybridized carbons (Fsp3) is 0.458. The van der Waals surface area contributed by atoms with Crippen LogP contribution >= 0.6 is 11.8 Å². The van der Waals surface area contributed by atoms with Crippen molar-refractivity contribution in [1.29, 1.82) is 0 Å². The summed E-state index contributed by atoms with van der Waals surface area (Å²) < 4.78 is 11.4. The molecule has 1 fully saturated rings. The van der Waals surface area contributed by atoms with Crippen molar-refractivity contribution in [3.05, 3.63) is 59.7 Å². The van der Waals surface area contributed by atoms with Crippen molar-refractivity contribution in [2.24, 2.45) is 0 Å². The van der Waals surface area contributed by atoms with Crippen LogP contribution in [0.15, 0.2) is 53.4 Å². The van der Waals surface area contributed by atoms with Crippen LogP contribution in [0.25, 0.3) is 0 Å². The van der Waals surface area contributed by atoms with E-state index in [9.17, 15) is 4.79 Å². The van der Waals surface area contributed by atoms with E-state index in [2.05, 4.69) is 36.3 Å². The average molecular weight is 429 g/mol. The third-order valence-corrected chi connectivity index (χ3v) is 6.32. The first-order valence-electron chi connectivity index (χ1n) is 10.6. The van der Waals surface area contributed by atoms with Gasteiger partial charge in [0.05, 0.1) is 5.75 Å². The van der Waals surface area contributed by atoms with E-state index in [-0.39, 0.29) is 5.91 Å². The predicted molar refractivity (Wildman–Crippen MR) is 122 cm³/mol. The number of rotatable bonds is 10. The zero-order valence-electron chi connectivity index (χ0n) is 17.9. The van der Waals surface area contributed by atoms with Gasteiger partial charge in [0.15, 0.2) is 0 Å². The molecule has 0 unspecified atom stereocenters. The van der Waals surface area contributed by atoms with E-state index in [0.717, 1.165) is 48.8 Å². The van der Waals surface area contributed by atoms with E-state index in [0.29, 0.717) is 24.9 Å². The molecule has 3 rings (SSSR count). The van der Waals surface area contributed by atoms with Crippen molar-refractivity contribution in [1.82, 2.24) is 10.2 Å². The van der Waals surface area contributed by atoms with Gasteiger partial charge in [-0.3, -0.25) is 9.69 Å². The number of hydrogen-bond acceptors (Lipinski definition) is 5. The minimum Gasteiger partial charge on any atom is -0.492 e. The summed E-state index contributed by atoms with van der Waals surface area (Å²) >= 11 is 1.55. The summed E-state index contributed by atoms with van der Waals surface area (Å²) in [7, 11) is 2.15. The Bertz CT molecular complexity index is 791. The Morgan fingerprint density at radius 2 is 1.97 bits per heavy atom. The van der Waals surface area contributed by atoms with E-state index in [1.54, 1.807) is 11.8 Å². The molecule has 5 nitrogen and oxygen atoms in total. The average Bonchev–Trinajstić information content (AvgIpc) is 2.78. The molecule has 1 aliphatic heterocycles. The van der Waals surface area contributed by atoms with Crippen LogP contribution in [0.4, 0.5) is 0 Å². The largest absolute Gasteiger partial charge is 0.492 e. The number of aryl methyl sites for hydroxylation is 1. The number of ether oxygens (including phenoxy) is 2. The second kappa shape index (κ2) is 12.0. The Morgan fingerprint density at radius 1 is 1.20 bits per heavy atom. The summed E-state index contributed by atoms with van der Waals surface area (Å²) in [5.74, 6) is 1.29. The first-order valence-corrected chi connectivity index (χ1v) is 11.5. The molecule has 0 radical (unpaired) electrons. The highest BCUT2D eigenvalue weighted by atomic mass is 32.2. The molecular weight excluding hydrogens is 396 g/mol. The Kier molecular flexibility index (Phi) is 9.05. The maximum Gasteiger partial charge on any atom is 0.230 e. The lowest BCUT2D eigenvalue weighted by Gasteiger charge is -2.31. The molecule has 6 heteroatoms. The normalized spacial score (nSPS) is 14.6. The van der Waals surface area contributed by atoms with E-state index >= 15 is 0 Å². The monoisotopic (exact) mass is 428 g/mol. The maximum absolute atomic E-state index is 12.2. The minimum atomic E-state index is 0.0324. The number of thioether (sulfide) groups is 1. The molecule has 1 saturated heterocycles. The standard InChI is InChI=1S/C24H32N2O3S/c1-19-6-8-23(9-7-19)30-18-24(27)25-17-20-4-3-5-22(16-20)29-15-12-26(2)21-10-13-28-14-11-21/h3-9,16,21H,10-15,17-18H2,1-2H3,(H,25,27). The third-order valence-electron chi connectivity index (χ3n) is 5.31. The van der Waals surface area contributed by atoms with Crippen molar-refractivity contribution in [3.63, 3.8) is 0 Å². The van der Waals surface area contributed by atoms with Crippen molar-refractivity contribution < 1.29 is 14.3 Å². The second-order valence-electron chi connectivity index (χ2n) is 7.70. The first-order chi connectivity index (χ1) is 14.6. The molecule has 0 aliphatic carbocycles. The molecule has 0 saturated carbocycles. The second-order valence-corrected chi connectivity index (χ2v) is 8.75. The SMILES string of the molecule is Cc1ccc(SCC(=O)NCc2cccc(OCCN(C)C3CCOCC3)c2)cc1. The molecule has 1 amide bonds. The first kappa shape index (κ1) is 22.7. The molecule has 1 aliphatic rings. The van der Waals surface area contributed by atoms with Crippen molar-refractivity contribution in [3.8, 4) is 5.75 Å². The smallest absolute Gasteiger partial charge is 0.230 e. The van der Waals surface area contributed by atoms with Crippen LogP contribution in [0.1, 0.15) is 24.0 Å². The van der Waals surface area contributed by atoms with Crippen LogP contribution in [0.3, 0.4) is 0 Å². The highest BCUT2D eigenvalue weighted by Crippen LogP contribution is 2.18. The number of carbonyl (C=O) groups is 1. The van der Waals surface area contributed by atoms with Gasteiger partial charge in [0.1, 0.15) is 12.4 Å². The van der Waals surface area contributed by atoms with E-state index in [4.69, 9.17) is 9.47 Å². The van der Waals surface area contributed by atoms with Gasteiger partial charge in [-0.05, 0) is 56.6 Å². The third kappa shape index (κ3) is 7.67. The van der Waals surface area contributed by atoms with E-state index < -0.39 is 0 Å². The number of likely N-dealkylation sites (N-methyl/N-ethyl adjacent to an activating group) is 1. The Balaban J connectivity index is 1.37. The van der Waals surface area contributed by atoms with Gasteiger partial charge in [0.2, 0.25) is 5.91 Å². The Labute approximate surface area is 184 Å². The van der Waals surface area contributed by atoms with Crippen LogP contribution in [0, 0.1) is 6.92 Å². The summed E-state index contributed by atoms with van der Waals surface area (Å²) in [4.78, 5) is 15.6. The van der Waals surface area contributed by atoms with Crippen LogP contribution in [0.5, 0.6) is 5.75 Å². The Hall–Kier alpha value is -2.02. The summed E-state index contributed by atoms with van der Waals surface area (Å²) in [6, 6.07) is 16.8. The fourth-order valence-electron chi connectivity index (χ4n) is 3.40. The van der Waals surface area contributed by atoms with Gasteiger partial charge in [-0.2, -0.15) is 0 Å². The lowest BCUT2D eigenvalue weighted by atomic mass is 10.1. The van der Waals surface area contributed by atoms with Crippen molar-refractivity contribution >= 4 is 17.7 Å². The Morgan fingerprint density at radius 3 is 2.73 bits per heavy atom. The summed E-state index contributed by atoms with van der Waals surface area (Å²) in [6.07, 6.45) is 2.18. The van der Waals surface area contributed by atoms with E-state index in [1.165, 1.54) is 5.56 Å². The summed E-state index contributed by atoms with van der Waals surface area (Å²) in [6.45, 7) is 5.81. The molecule has 30 heavy (non-hydrogen) atoms. The number of hydrogen-bond donors (Lipinski definition) is 1. The zero-order valence-corrected chi connectivity index (χ0v) is 18.7. The van der Waals surface area contributed by atoms with Crippen LogP contribution in [-0.4, -0.2) is 56.0 Å². The topological polar surface area (TPSA) is 50.8 Å². The highest BCUT2D eigenvalue weighted by molar-refractivity contribution is 8.00. The van der Waals surface area contributed by atoms with E-state index in [1.807, 2.05) is 36.4 Å². The molecule has 0 bridgehead atoms. The highest BCUT2D eigenvalue weighted by Gasteiger charge is 2.17. The number of nitrogens with one attached hydrogen (secondary N) is 1.